The average Bonchev–Trinajstić information content (AvgIpc) is 2.45. The number of carbonyl (C=O) groups is 1. The summed E-state index contributed by atoms with van der Waals surface area (Å²) in [5.74, 6) is -0.529. The molecule has 3 N–H and O–H groups in total. The van der Waals surface area contributed by atoms with E-state index in [9.17, 15) is 14.7 Å². The smallest absolute Gasteiger partial charge is 0.258 e. The van der Waals surface area contributed by atoms with E-state index in [0.29, 0.717) is 17.1 Å². The van der Waals surface area contributed by atoms with Crippen LogP contribution in [0.4, 0.5) is 5.69 Å². The van der Waals surface area contributed by atoms with E-state index in [1.807, 2.05) is 0 Å². The molecule has 0 unspecified atom stereocenters. The van der Waals surface area contributed by atoms with E-state index >= 15 is 0 Å². The van der Waals surface area contributed by atoms with Gasteiger partial charge in [-0.05, 0) is 24.6 Å². The number of anilines is 1. The summed E-state index contributed by atoms with van der Waals surface area (Å²) in [5, 5.41) is 13.0. The molecule has 1 amide bonds. The van der Waals surface area contributed by atoms with Gasteiger partial charge in [-0.1, -0.05) is 36.4 Å². The lowest BCUT2D eigenvalue weighted by Crippen LogP contribution is -2.17. The van der Waals surface area contributed by atoms with Gasteiger partial charge in [0, 0.05) is 10.7 Å². The zero-order valence-corrected chi connectivity index (χ0v) is 13.3. The molecule has 0 spiro atoms. The second-order valence-electron chi connectivity index (χ2n) is 4.37. The first kappa shape index (κ1) is 16.4. The molecule has 22 heavy (non-hydrogen) atoms. The van der Waals surface area contributed by atoms with E-state index in [1.54, 1.807) is 31.2 Å². The molecule has 1 heterocycles. The number of amides is 1. The van der Waals surface area contributed by atoms with Gasteiger partial charge in [-0.15, -0.1) is 0 Å². The standard InChI is InChI=1S/C14H14ClN3O3S/c1-2-10-12(20)17-14(18-13(10)21)22-7-11(19)16-9-5-3-4-8(15)6-9/h3-6H,2,7H2,1H3,(H,16,19)(H2,17,18,20,21). The van der Waals surface area contributed by atoms with Gasteiger partial charge >= 0.3 is 0 Å². The van der Waals surface area contributed by atoms with Crippen molar-refractivity contribution in [1.29, 1.82) is 0 Å². The lowest BCUT2D eigenvalue weighted by atomic mass is 10.2. The summed E-state index contributed by atoms with van der Waals surface area (Å²) < 4.78 is 0. The van der Waals surface area contributed by atoms with Gasteiger partial charge in [-0.3, -0.25) is 9.59 Å². The van der Waals surface area contributed by atoms with Crippen molar-refractivity contribution in [2.24, 2.45) is 0 Å². The van der Waals surface area contributed by atoms with Crippen LogP contribution in [0.3, 0.4) is 0 Å². The Labute approximate surface area is 135 Å². The van der Waals surface area contributed by atoms with Gasteiger partial charge in [0.25, 0.3) is 5.56 Å². The fourth-order valence-corrected chi connectivity index (χ4v) is 2.60. The van der Waals surface area contributed by atoms with Crippen LogP contribution in [-0.2, 0) is 11.2 Å². The number of thioether (sulfide) groups is 1. The van der Waals surface area contributed by atoms with Gasteiger partial charge in [-0.25, -0.2) is 0 Å². The molecule has 8 heteroatoms. The zero-order valence-electron chi connectivity index (χ0n) is 11.7. The molecule has 0 saturated carbocycles. The number of aromatic hydroxyl groups is 1. The molecule has 0 fully saturated rings. The topological polar surface area (TPSA) is 95.1 Å². The van der Waals surface area contributed by atoms with E-state index < -0.39 is 5.56 Å². The van der Waals surface area contributed by atoms with Crippen LogP contribution < -0.4 is 10.9 Å². The van der Waals surface area contributed by atoms with Crippen molar-refractivity contribution in [2.45, 2.75) is 18.5 Å². The Morgan fingerprint density at radius 3 is 2.91 bits per heavy atom. The number of aromatic nitrogens is 2. The maximum absolute atomic E-state index is 11.8. The van der Waals surface area contributed by atoms with E-state index in [2.05, 4.69) is 15.3 Å². The Hall–Kier alpha value is -1.99. The SMILES string of the molecule is CCc1c(O)nc(SCC(=O)Nc2cccc(Cl)c2)[nH]c1=O. The number of aromatic amines is 1. The van der Waals surface area contributed by atoms with Crippen molar-refractivity contribution in [2.75, 3.05) is 11.1 Å². The molecule has 0 bridgehead atoms. The quantitative estimate of drug-likeness (QED) is 0.574. The number of benzene rings is 1. The molecule has 6 nitrogen and oxygen atoms in total. The number of rotatable bonds is 5. The Bertz CT molecular complexity index is 748. The van der Waals surface area contributed by atoms with Gasteiger partial charge in [0.15, 0.2) is 5.16 Å². The second kappa shape index (κ2) is 7.33. The molecule has 0 aliphatic rings. The highest BCUT2D eigenvalue weighted by Crippen LogP contribution is 2.18. The van der Waals surface area contributed by atoms with Crippen LogP contribution in [-0.4, -0.2) is 26.7 Å². The highest BCUT2D eigenvalue weighted by molar-refractivity contribution is 7.99. The molecule has 0 saturated heterocycles. The Kier molecular flexibility index (Phi) is 5.46. The van der Waals surface area contributed by atoms with Gasteiger partial charge in [0.1, 0.15) is 0 Å². The fraction of sp³-hybridized carbons (Fsp3) is 0.214. The third-order valence-electron chi connectivity index (χ3n) is 2.77. The number of hydrogen-bond acceptors (Lipinski definition) is 5. The van der Waals surface area contributed by atoms with Gasteiger partial charge in [0.2, 0.25) is 11.8 Å². The highest BCUT2D eigenvalue weighted by Gasteiger charge is 2.11. The van der Waals surface area contributed by atoms with Crippen molar-refractivity contribution in [3.63, 3.8) is 0 Å². The first-order chi connectivity index (χ1) is 10.5. The Morgan fingerprint density at radius 2 is 2.27 bits per heavy atom. The molecule has 1 aromatic carbocycles. The van der Waals surface area contributed by atoms with E-state index in [0.717, 1.165) is 11.8 Å². The predicted molar refractivity (Wildman–Crippen MR) is 86.7 cm³/mol. The molecule has 1 aromatic heterocycles. The zero-order chi connectivity index (χ0) is 16.1. The molecular formula is C14H14ClN3O3S. The number of nitrogens with zero attached hydrogens (tertiary/aromatic N) is 1. The predicted octanol–water partition coefficient (Wildman–Crippen LogP) is 2.42. The van der Waals surface area contributed by atoms with E-state index in [-0.39, 0.29) is 28.3 Å². The summed E-state index contributed by atoms with van der Waals surface area (Å²) in [5.41, 5.74) is 0.421. The summed E-state index contributed by atoms with van der Waals surface area (Å²) in [4.78, 5) is 29.9. The third-order valence-corrected chi connectivity index (χ3v) is 3.88. The molecule has 2 rings (SSSR count). The van der Waals surface area contributed by atoms with Gasteiger partial charge in [0.05, 0.1) is 11.3 Å². The van der Waals surface area contributed by atoms with Crippen LogP contribution >= 0.6 is 23.4 Å². The number of halogens is 1. The minimum Gasteiger partial charge on any atom is -0.493 e. The Balaban J connectivity index is 1.98. The first-order valence-electron chi connectivity index (χ1n) is 6.50. The largest absolute Gasteiger partial charge is 0.493 e. The summed E-state index contributed by atoms with van der Waals surface area (Å²) in [6.45, 7) is 1.75. The van der Waals surface area contributed by atoms with Crippen molar-refractivity contribution in [1.82, 2.24) is 9.97 Å². The van der Waals surface area contributed by atoms with Crippen LogP contribution in [0.5, 0.6) is 5.88 Å². The monoisotopic (exact) mass is 339 g/mol. The Morgan fingerprint density at radius 1 is 1.50 bits per heavy atom. The summed E-state index contributed by atoms with van der Waals surface area (Å²) in [6, 6.07) is 6.78. The number of H-pyrrole nitrogens is 1. The number of hydrogen-bond donors (Lipinski definition) is 3. The molecule has 2 aromatic rings. The number of carbonyl (C=O) groups excluding carboxylic acids is 1. The van der Waals surface area contributed by atoms with Crippen LogP contribution in [0.15, 0.2) is 34.2 Å². The van der Waals surface area contributed by atoms with Crippen LogP contribution in [0.1, 0.15) is 12.5 Å². The maximum atomic E-state index is 11.8. The lowest BCUT2D eigenvalue weighted by Gasteiger charge is -2.06. The van der Waals surface area contributed by atoms with E-state index in [4.69, 9.17) is 11.6 Å². The minimum atomic E-state index is -0.396. The van der Waals surface area contributed by atoms with Crippen LogP contribution in [0, 0.1) is 0 Å². The van der Waals surface area contributed by atoms with Gasteiger partial charge < -0.3 is 15.4 Å². The normalized spacial score (nSPS) is 10.5. The average molecular weight is 340 g/mol. The highest BCUT2D eigenvalue weighted by atomic mass is 35.5. The van der Waals surface area contributed by atoms with Crippen molar-refractivity contribution in [3.05, 3.63) is 45.2 Å². The maximum Gasteiger partial charge on any atom is 0.258 e. The summed E-state index contributed by atoms with van der Waals surface area (Å²) in [7, 11) is 0. The molecule has 0 aliphatic carbocycles. The van der Waals surface area contributed by atoms with Crippen LogP contribution in [0.25, 0.3) is 0 Å². The molecule has 116 valence electrons. The first-order valence-corrected chi connectivity index (χ1v) is 7.86. The summed E-state index contributed by atoms with van der Waals surface area (Å²) >= 11 is 6.86. The summed E-state index contributed by atoms with van der Waals surface area (Å²) in [6.07, 6.45) is 0.383. The minimum absolute atomic E-state index is 0.0420. The molecule has 0 atom stereocenters. The van der Waals surface area contributed by atoms with Gasteiger partial charge in [-0.2, -0.15) is 4.98 Å². The van der Waals surface area contributed by atoms with Crippen molar-refractivity contribution in [3.8, 4) is 5.88 Å². The third kappa shape index (κ3) is 4.25. The molecule has 0 radical (unpaired) electrons. The number of nitrogens with one attached hydrogen (secondary N) is 2. The molecule has 0 aliphatic heterocycles. The second-order valence-corrected chi connectivity index (χ2v) is 5.77. The van der Waals surface area contributed by atoms with Crippen LogP contribution in [0.2, 0.25) is 5.02 Å². The van der Waals surface area contributed by atoms with E-state index in [1.165, 1.54) is 0 Å². The van der Waals surface area contributed by atoms with Crippen molar-refractivity contribution >= 4 is 35.0 Å². The fourth-order valence-electron chi connectivity index (χ4n) is 1.75. The lowest BCUT2D eigenvalue weighted by molar-refractivity contribution is -0.113. The van der Waals surface area contributed by atoms with Crippen molar-refractivity contribution < 1.29 is 9.90 Å². The molecular weight excluding hydrogens is 326 g/mol.